The van der Waals surface area contributed by atoms with Crippen LogP contribution in [0.5, 0.6) is 0 Å². The highest BCUT2D eigenvalue weighted by molar-refractivity contribution is 5.90. The fourth-order valence-electron chi connectivity index (χ4n) is 1.85. The molecule has 0 radical (unpaired) electrons. The fraction of sp³-hybridized carbons (Fsp3) is 0.250. The molecule has 0 unspecified atom stereocenters. The monoisotopic (exact) mass is 271 g/mol. The van der Waals surface area contributed by atoms with Crippen molar-refractivity contribution in [2.75, 3.05) is 5.32 Å². The van der Waals surface area contributed by atoms with E-state index in [1.165, 1.54) is 0 Å². The minimum Gasteiger partial charge on any atom is -0.453 e. The predicted octanol–water partition coefficient (Wildman–Crippen LogP) is 3.89. The average molecular weight is 271 g/mol. The summed E-state index contributed by atoms with van der Waals surface area (Å²) in [6.45, 7) is 2.05. The van der Waals surface area contributed by atoms with Gasteiger partial charge in [0.25, 0.3) is 0 Å². The molecule has 1 heterocycles. The van der Waals surface area contributed by atoms with Crippen LogP contribution in [0.4, 0.5) is 5.69 Å². The van der Waals surface area contributed by atoms with Crippen molar-refractivity contribution in [3.05, 3.63) is 42.2 Å². The van der Waals surface area contributed by atoms with Crippen LogP contribution < -0.4 is 5.32 Å². The number of hydrogen-bond acceptors (Lipinski definition) is 3. The first-order chi connectivity index (χ1) is 9.72. The van der Waals surface area contributed by atoms with Crippen molar-refractivity contribution in [3.8, 4) is 11.3 Å². The van der Waals surface area contributed by atoms with Gasteiger partial charge in [0.1, 0.15) is 5.76 Å². The van der Waals surface area contributed by atoms with E-state index in [9.17, 15) is 9.59 Å². The molecule has 1 aromatic heterocycles. The average Bonchev–Trinajstić information content (AvgIpc) is 2.95. The number of rotatable bonds is 6. The minimum absolute atomic E-state index is 0.0286. The van der Waals surface area contributed by atoms with Crippen molar-refractivity contribution in [2.45, 2.75) is 26.2 Å². The maximum atomic E-state index is 11.6. The second kappa shape index (κ2) is 6.70. The fourth-order valence-corrected chi connectivity index (χ4v) is 1.85. The number of aldehydes is 1. The molecule has 0 aliphatic rings. The van der Waals surface area contributed by atoms with E-state index in [0.717, 1.165) is 24.1 Å². The highest BCUT2D eigenvalue weighted by Gasteiger charge is 2.05. The molecule has 0 fully saturated rings. The molecule has 0 aliphatic carbocycles. The molecule has 4 nitrogen and oxygen atoms in total. The Bertz CT molecular complexity index is 584. The van der Waals surface area contributed by atoms with Crippen molar-refractivity contribution >= 4 is 17.9 Å². The van der Waals surface area contributed by atoms with E-state index in [-0.39, 0.29) is 5.91 Å². The number of unbranched alkanes of at least 4 members (excludes halogenated alkanes) is 1. The predicted molar refractivity (Wildman–Crippen MR) is 77.7 cm³/mol. The van der Waals surface area contributed by atoms with Gasteiger partial charge in [0.15, 0.2) is 12.0 Å². The van der Waals surface area contributed by atoms with Crippen molar-refractivity contribution in [1.82, 2.24) is 0 Å². The quantitative estimate of drug-likeness (QED) is 0.811. The third-order valence-electron chi connectivity index (χ3n) is 2.95. The molecule has 0 atom stereocenters. The van der Waals surface area contributed by atoms with Gasteiger partial charge in [0.05, 0.1) is 0 Å². The number of carbonyl (C=O) groups excluding carboxylic acids is 2. The third-order valence-corrected chi connectivity index (χ3v) is 2.95. The summed E-state index contributed by atoms with van der Waals surface area (Å²) < 4.78 is 5.34. The molecule has 20 heavy (non-hydrogen) atoms. The lowest BCUT2D eigenvalue weighted by Crippen LogP contribution is -2.10. The topological polar surface area (TPSA) is 59.3 Å². The number of furan rings is 1. The Balaban J connectivity index is 2.02. The highest BCUT2D eigenvalue weighted by atomic mass is 16.3. The summed E-state index contributed by atoms with van der Waals surface area (Å²) in [5.41, 5.74) is 1.63. The standard InChI is InChI=1S/C16H17NO3/c1-2-3-4-16(19)17-13-7-5-12(6-8-13)15-10-9-14(11-18)20-15/h5-11H,2-4H2,1H3,(H,17,19). The lowest BCUT2D eigenvalue weighted by molar-refractivity contribution is -0.116. The molecule has 1 N–H and O–H groups in total. The largest absolute Gasteiger partial charge is 0.453 e. The van der Waals surface area contributed by atoms with Crippen LogP contribution in [0.3, 0.4) is 0 Å². The molecule has 104 valence electrons. The molecule has 4 heteroatoms. The Morgan fingerprint density at radius 1 is 1.20 bits per heavy atom. The van der Waals surface area contributed by atoms with Gasteiger partial charge in [-0.3, -0.25) is 9.59 Å². The smallest absolute Gasteiger partial charge is 0.224 e. The lowest BCUT2D eigenvalue weighted by Gasteiger charge is -2.05. The Labute approximate surface area is 117 Å². The minimum atomic E-state index is 0.0286. The molecular formula is C16H17NO3. The first-order valence-corrected chi connectivity index (χ1v) is 6.68. The van der Waals surface area contributed by atoms with Crippen LogP contribution in [0.2, 0.25) is 0 Å². The van der Waals surface area contributed by atoms with Crippen LogP contribution in [-0.4, -0.2) is 12.2 Å². The van der Waals surface area contributed by atoms with Crippen LogP contribution in [0.15, 0.2) is 40.8 Å². The van der Waals surface area contributed by atoms with E-state index >= 15 is 0 Å². The van der Waals surface area contributed by atoms with Crippen LogP contribution in [-0.2, 0) is 4.79 Å². The molecule has 1 amide bonds. The van der Waals surface area contributed by atoms with Crippen LogP contribution in [0.25, 0.3) is 11.3 Å². The number of anilines is 1. The van der Waals surface area contributed by atoms with Crippen LogP contribution >= 0.6 is 0 Å². The van der Waals surface area contributed by atoms with E-state index in [1.807, 2.05) is 24.3 Å². The molecule has 0 aliphatic heterocycles. The van der Waals surface area contributed by atoms with Gasteiger partial charge in [-0.25, -0.2) is 0 Å². The van der Waals surface area contributed by atoms with Gasteiger partial charge >= 0.3 is 0 Å². The third kappa shape index (κ3) is 3.57. The lowest BCUT2D eigenvalue weighted by atomic mass is 10.1. The SMILES string of the molecule is CCCCC(=O)Nc1ccc(-c2ccc(C=O)o2)cc1. The van der Waals surface area contributed by atoms with E-state index in [1.54, 1.807) is 12.1 Å². The summed E-state index contributed by atoms with van der Waals surface area (Å²) in [5.74, 6) is 0.966. The summed E-state index contributed by atoms with van der Waals surface area (Å²) in [6, 6.07) is 10.7. The van der Waals surface area contributed by atoms with Gasteiger partial charge in [-0.2, -0.15) is 0 Å². The number of hydrogen-bond donors (Lipinski definition) is 1. The normalized spacial score (nSPS) is 10.2. The molecule has 2 rings (SSSR count). The molecule has 0 saturated heterocycles. The highest BCUT2D eigenvalue weighted by Crippen LogP contribution is 2.23. The summed E-state index contributed by atoms with van der Waals surface area (Å²) in [6.07, 6.45) is 3.11. The number of carbonyl (C=O) groups is 2. The van der Waals surface area contributed by atoms with Gasteiger partial charge in [-0.05, 0) is 42.8 Å². The van der Waals surface area contributed by atoms with Crippen LogP contribution in [0, 0.1) is 0 Å². The Morgan fingerprint density at radius 2 is 1.95 bits per heavy atom. The zero-order chi connectivity index (χ0) is 14.4. The Hall–Kier alpha value is -2.36. The number of benzene rings is 1. The molecule has 0 spiro atoms. The van der Waals surface area contributed by atoms with E-state index < -0.39 is 0 Å². The molecule has 0 saturated carbocycles. The molecule has 0 bridgehead atoms. The molecule has 2 aromatic rings. The maximum absolute atomic E-state index is 11.6. The van der Waals surface area contributed by atoms with Crippen LogP contribution in [0.1, 0.15) is 36.7 Å². The van der Waals surface area contributed by atoms with Gasteiger partial charge in [0, 0.05) is 17.7 Å². The maximum Gasteiger partial charge on any atom is 0.224 e. The van der Waals surface area contributed by atoms with Gasteiger partial charge in [-0.15, -0.1) is 0 Å². The Kier molecular flexibility index (Phi) is 4.71. The van der Waals surface area contributed by atoms with Crippen molar-refractivity contribution in [2.24, 2.45) is 0 Å². The first kappa shape index (κ1) is 14.1. The van der Waals surface area contributed by atoms with E-state index in [2.05, 4.69) is 12.2 Å². The van der Waals surface area contributed by atoms with Crippen molar-refractivity contribution < 1.29 is 14.0 Å². The zero-order valence-electron chi connectivity index (χ0n) is 11.4. The van der Waals surface area contributed by atoms with E-state index in [0.29, 0.717) is 24.2 Å². The Morgan fingerprint density at radius 3 is 2.55 bits per heavy atom. The van der Waals surface area contributed by atoms with Crippen molar-refractivity contribution in [1.29, 1.82) is 0 Å². The molecule has 1 aromatic carbocycles. The molecular weight excluding hydrogens is 254 g/mol. The first-order valence-electron chi connectivity index (χ1n) is 6.68. The van der Waals surface area contributed by atoms with Crippen molar-refractivity contribution in [3.63, 3.8) is 0 Å². The van der Waals surface area contributed by atoms with Gasteiger partial charge in [0.2, 0.25) is 5.91 Å². The summed E-state index contributed by atoms with van der Waals surface area (Å²) in [7, 11) is 0. The van der Waals surface area contributed by atoms with E-state index in [4.69, 9.17) is 4.42 Å². The second-order valence-electron chi connectivity index (χ2n) is 4.55. The summed E-state index contributed by atoms with van der Waals surface area (Å²) in [5, 5.41) is 2.85. The summed E-state index contributed by atoms with van der Waals surface area (Å²) in [4.78, 5) is 22.2. The summed E-state index contributed by atoms with van der Waals surface area (Å²) >= 11 is 0. The zero-order valence-corrected chi connectivity index (χ0v) is 11.4. The number of nitrogens with one attached hydrogen (secondary N) is 1. The number of amides is 1. The van der Waals surface area contributed by atoms with Gasteiger partial charge in [-0.1, -0.05) is 13.3 Å². The van der Waals surface area contributed by atoms with Gasteiger partial charge < -0.3 is 9.73 Å². The second-order valence-corrected chi connectivity index (χ2v) is 4.55.